The van der Waals surface area contributed by atoms with E-state index in [9.17, 15) is 4.79 Å². The van der Waals surface area contributed by atoms with Gasteiger partial charge in [0.1, 0.15) is 4.83 Å². The first-order chi connectivity index (χ1) is 15.5. The number of ether oxygens (including phenoxy) is 1. The lowest BCUT2D eigenvalue weighted by Crippen LogP contribution is -2.24. The van der Waals surface area contributed by atoms with Crippen molar-refractivity contribution >= 4 is 44.9 Å². The predicted molar refractivity (Wildman–Crippen MR) is 129 cm³/mol. The topological polar surface area (TPSA) is 83.0 Å². The third kappa shape index (κ3) is 4.76. The smallest absolute Gasteiger partial charge is 0.263 e. The van der Waals surface area contributed by atoms with Gasteiger partial charge in [-0.2, -0.15) is 4.98 Å². The second-order valence-corrected chi connectivity index (χ2v) is 9.70. The number of aromatic nitrogens is 4. The van der Waals surface area contributed by atoms with E-state index in [0.717, 1.165) is 21.7 Å². The van der Waals surface area contributed by atoms with Crippen molar-refractivity contribution in [2.75, 3.05) is 13.2 Å². The van der Waals surface area contributed by atoms with Crippen LogP contribution in [0, 0.1) is 13.8 Å². The van der Waals surface area contributed by atoms with E-state index >= 15 is 0 Å². The minimum absolute atomic E-state index is 0.0156. The maximum atomic E-state index is 13.3. The Labute approximate surface area is 198 Å². The van der Waals surface area contributed by atoms with Crippen LogP contribution in [-0.2, 0) is 17.0 Å². The molecule has 32 heavy (non-hydrogen) atoms. The number of halogens is 1. The molecule has 1 aromatic carbocycles. The van der Waals surface area contributed by atoms with Gasteiger partial charge in [-0.05, 0) is 44.9 Å². The number of hydrogen-bond acceptors (Lipinski definition) is 8. The Kier molecular flexibility index (Phi) is 7.30. The average molecular weight is 491 g/mol. The summed E-state index contributed by atoms with van der Waals surface area (Å²) in [6, 6.07) is 7.35. The molecular formula is C22H23ClN4O3S2. The monoisotopic (exact) mass is 490 g/mol. The van der Waals surface area contributed by atoms with Crippen LogP contribution < -0.4 is 5.56 Å². The van der Waals surface area contributed by atoms with Crippen molar-refractivity contribution in [2.45, 2.75) is 44.6 Å². The normalized spacial score (nSPS) is 11.5. The third-order valence-electron chi connectivity index (χ3n) is 5.04. The highest BCUT2D eigenvalue weighted by atomic mass is 35.5. The fraction of sp³-hybridized carbons (Fsp3) is 0.364. The highest BCUT2D eigenvalue weighted by Gasteiger charge is 2.18. The first kappa shape index (κ1) is 23.0. The number of thiophene rings is 1. The molecule has 4 rings (SSSR count). The molecule has 0 N–H and O–H groups in total. The maximum Gasteiger partial charge on any atom is 0.263 e. The number of aryl methyl sites for hydroxylation is 2. The Balaban J connectivity index is 1.60. The van der Waals surface area contributed by atoms with Crippen LogP contribution in [0.2, 0.25) is 5.02 Å². The van der Waals surface area contributed by atoms with Crippen LogP contribution in [0.4, 0.5) is 0 Å². The summed E-state index contributed by atoms with van der Waals surface area (Å²) in [7, 11) is 0. The largest absolute Gasteiger partial charge is 0.382 e. The van der Waals surface area contributed by atoms with Gasteiger partial charge in [0.25, 0.3) is 5.56 Å². The fourth-order valence-corrected chi connectivity index (χ4v) is 5.43. The first-order valence-corrected chi connectivity index (χ1v) is 12.5. The van der Waals surface area contributed by atoms with Gasteiger partial charge < -0.3 is 9.26 Å². The van der Waals surface area contributed by atoms with Crippen molar-refractivity contribution in [1.29, 1.82) is 0 Å². The third-order valence-corrected chi connectivity index (χ3v) is 7.43. The van der Waals surface area contributed by atoms with Crippen LogP contribution in [0.3, 0.4) is 0 Å². The molecule has 0 atom stereocenters. The van der Waals surface area contributed by atoms with Crippen LogP contribution >= 0.6 is 34.7 Å². The molecule has 0 saturated carbocycles. The number of hydrogen-bond donors (Lipinski definition) is 0. The summed E-state index contributed by atoms with van der Waals surface area (Å²) in [6.07, 6.45) is 0.730. The van der Waals surface area contributed by atoms with E-state index < -0.39 is 0 Å². The zero-order chi connectivity index (χ0) is 22.7. The van der Waals surface area contributed by atoms with E-state index in [1.165, 1.54) is 11.8 Å². The Hall–Kier alpha value is -2.20. The molecule has 3 aromatic heterocycles. The van der Waals surface area contributed by atoms with Gasteiger partial charge in [-0.15, -0.1) is 11.3 Å². The zero-order valence-electron chi connectivity index (χ0n) is 18.1. The Morgan fingerprint density at radius 2 is 2.06 bits per heavy atom. The minimum Gasteiger partial charge on any atom is -0.382 e. The van der Waals surface area contributed by atoms with Crippen LogP contribution in [0.25, 0.3) is 21.6 Å². The molecule has 7 nitrogen and oxygen atoms in total. The molecule has 0 spiro atoms. The molecule has 0 amide bonds. The lowest BCUT2D eigenvalue weighted by atomic mass is 10.2. The number of benzene rings is 1. The van der Waals surface area contributed by atoms with Crippen molar-refractivity contribution in [3.05, 3.63) is 56.0 Å². The molecule has 0 aliphatic rings. The van der Waals surface area contributed by atoms with Gasteiger partial charge in [0.15, 0.2) is 5.16 Å². The van der Waals surface area contributed by atoms with Gasteiger partial charge >= 0.3 is 0 Å². The summed E-state index contributed by atoms with van der Waals surface area (Å²) >= 11 is 9.19. The van der Waals surface area contributed by atoms with Crippen LogP contribution in [0.15, 0.2) is 38.7 Å². The van der Waals surface area contributed by atoms with Gasteiger partial charge in [-0.25, -0.2) is 4.98 Å². The summed E-state index contributed by atoms with van der Waals surface area (Å²) in [5, 5.41) is 5.95. The lowest BCUT2D eigenvalue weighted by molar-refractivity contribution is 0.140. The average Bonchev–Trinajstić information content (AvgIpc) is 3.36. The van der Waals surface area contributed by atoms with E-state index in [0.29, 0.717) is 58.4 Å². The van der Waals surface area contributed by atoms with Gasteiger partial charge in [0.05, 0.1) is 16.2 Å². The number of nitrogens with zero attached hydrogens (tertiary/aromatic N) is 4. The van der Waals surface area contributed by atoms with Crippen molar-refractivity contribution in [3.63, 3.8) is 0 Å². The first-order valence-electron chi connectivity index (χ1n) is 10.3. The van der Waals surface area contributed by atoms with Crippen LogP contribution in [-0.4, -0.2) is 32.9 Å². The second kappa shape index (κ2) is 10.2. The minimum atomic E-state index is -0.0156. The molecule has 4 aromatic rings. The van der Waals surface area contributed by atoms with Gasteiger partial charge in [-0.3, -0.25) is 9.36 Å². The molecular weight excluding hydrogens is 468 g/mol. The Morgan fingerprint density at radius 1 is 1.25 bits per heavy atom. The molecule has 0 bridgehead atoms. The molecule has 10 heteroatoms. The molecule has 0 saturated heterocycles. The maximum absolute atomic E-state index is 13.3. The summed E-state index contributed by atoms with van der Waals surface area (Å²) in [4.78, 5) is 24.4. The number of fused-ring (bicyclic) bond motifs is 1. The van der Waals surface area contributed by atoms with E-state index in [1.54, 1.807) is 22.0 Å². The standard InChI is InChI=1S/C22H23ClN4O3S2/c1-4-29-11-7-10-27-21(28)18-13(2)14(3)32-20(18)25-22(27)31-12-17-24-19(26-30-17)15-8-5-6-9-16(15)23/h5-6,8-9H,4,7,10-12H2,1-3H3. The van der Waals surface area contributed by atoms with Crippen molar-refractivity contribution in [2.24, 2.45) is 0 Å². The molecule has 3 heterocycles. The lowest BCUT2D eigenvalue weighted by Gasteiger charge is -2.11. The number of thioether (sulfide) groups is 1. The second-order valence-electron chi connectivity index (χ2n) is 7.15. The quantitative estimate of drug-likeness (QED) is 0.174. The SMILES string of the molecule is CCOCCCn1c(SCc2nc(-c3ccccc3Cl)no2)nc2sc(C)c(C)c2c1=O. The van der Waals surface area contributed by atoms with Gasteiger partial charge in [0.2, 0.25) is 11.7 Å². The van der Waals surface area contributed by atoms with Crippen molar-refractivity contribution in [1.82, 2.24) is 19.7 Å². The Morgan fingerprint density at radius 3 is 2.84 bits per heavy atom. The Bertz CT molecular complexity index is 1300. The number of rotatable bonds is 9. The summed E-state index contributed by atoms with van der Waals surface area (Å²) in [5.41, 5.74) is 1.70. The van der Waals surface area contributed by atoms with Crippen molar-refractivity contribution in [3.8, 4) is 11.4 Å². The molecule has 0 unspecified atom stereocenters. The van der Waals surface area contributed by atoms with E-state index in [2.05, 4.69) is 10.1 Å². The van der Waals surface area contributed by atoms with E-state index in [1.807, 2.05) is 39.0 Å². The molecule has 0 aliphatic heterocycles. The van der Waals surface area contributed by atoms with Crippen LogP contribution in [0.5, 0.6) is 0 Å². The highest BCUT2D eigenvalue weighted by molar-refractivity contribution is 7.98. The molecule has 0 fully saturated rings. The summed E-state index contributed by atoms with van der Waals surface area (Å²) in [5.74, 6) is 1.27. The molecule has 0 aliphatic carbocycles. The van der Waals surface area contributed by atoms with Crippen molar-refractivity contribution < 1.29 is 9.26 Å². The van der Waals surface area contributed by atoms with Crippen LogP contribution in [0.1, 0.15) is 29.7 Å². The molecule has 168 valence electrons. The van der Waals surface area contributed by atoms with E-state index in [-0.39, 0.29) is 5.56 Å². The molecule has 0 radical (unpaired) electrons. The predicted octanol–water partition coefficient (Wildman–Crippen LogP) is 5.50. The summed E-state index contributed by atoms with van der Waals surface area (Å²) < 4.78 is 12.6. The fourth-order valence-electron chi connectivity index (χ4n) is 3.28. The van der Waals surface area contributed by atoms with Gasteiger partial charge in [0, 0.05) is 30.2 Å². The van der Waals surface area contributed by atoms with E-state index in [4.69, 9.17) is 25.8 Å². The zero-order valence-corrected chi connectivity index (χ0v) is 20.4. The highest BCUT2D eigenvalue weighted by Crippen LogP contribution is 2.30. The van der Waals surface area contributed by atoms with Gasteiger partial charge in [-0.1, -0.05) is 40.7 Å². The summed E-state index contributed by atoms with van der Waals surface area (Å²) in [6.45, 7) is 7.73.